The van der Waals surface area contributed by atoms with Crippen molar-refractivity contribution in [2.24, 2.45) is 0 Å². The lowest BCUT2D eigenvalue weighted by Crippen LogP contribution is -2.20. The second-order valence-corrected chi connectivity index (χ2v) is 5.49. The Hall–Kier alpha value is -1.76. The molecule has 0 aliphatic carbocycles. The number of carbonyl (C=O) groups is 2. The molecule has 2 rings (SSSR count). The van der Waals surface area contributed by atoms with Gasteiger partial charge in [0, 0.05) is 15.7 Å². The highest BCUT2D eigenvalue weighted by Crippen LogP contribution is 2.24. The summed E-state index contributed by atoms with van der Waals surface area (Å²) < 4.78 is 0. The summed E-state index contributed by atoms with van der Waals surface area (Å²) in [6.45, 7) is 0. The topological polar surface area (TPSA) is 78.4 Å². The van der Waals surface area contributed by atoms with Crippen molar-refractivity contribution >= 4 is 57.9 Å². The summed E-state index contributed by atoms with van der Waals surface area (Å²) in [5, 5.41) is 16.3. The van der Waals surface area contributed by atoms with Crippen LogP contribution in [0.4, 0.5) is 16.2 Å². The number of hydrogen-bond acceptors (Lipinski definition) is 3. The Morgan fingerprint density at radius 2 is 1.75 bits per heavy atom. The van der Waals surface area contributed by atoms with Crippen LogP contribution in [-0.2, 0) is 0 Å². The fraction of sp³-hybridized carbons (Fsp3) is 0. The third-order valence-electron chi connectivity index (χ3n) is 2.23. The van der Waals surface area contributed by atoms with Crippen LogP contribution in [0, 0.1) is 0 Å². The van der Waals surface area contributed by atoms with Gasteiger partial charge in [-0.1, -0.05) is 23.2 Å². The lowest BCUT2D eigenvalue weighted by Gasteiger charge is -2.08. The minimum Gasteiger partial charge on any atom is -0.477 e. The van der Waals surface area contributed by atoms with E-state index in [1.54, 1.807) is 5.38 Å². The summed E-state index contributed by atoms with van der Waals surface area (Å²) >= 11 is 12.6. The second kappa shape index (κ2) is 6.13. The van der Waals surface area contributed by atoms with E-state index in [1.807, 2.05) is 0 Å². The number of urea groups is 1. The first-order chi connectivity index (χ1) is 9.45. The molecule has 0 saturated carbocycles. The molecule has 1 heterocycles. The summed E-state index contributed by atoms with van der Waals surface area (Å²) in [4.78, 5) is 22.8. The Bertz CT molecular complexity index is 652. The first-order valence-corrected chi connectivity index (χ1v) is 6.94. The minimum atomic E-state index is -1.10. The van der Waals surface area contributed by atoms with Crippen molar-refractivity contribution in [3.05, 3.63) is 44.6 Å². The maximum absolute atomic E-state index is 11.8. The van der Waals surface area contributed by atoms with Gasteiger partial charge in [0.25, 0.3) is 0 Å². The van der Waals surface area contributed by atoms with Crippen LogP contribution in [0.15, 0.2) is 29.6 Å². The molecule has 104 valence electrons. The monoisotopic (exact) mass is 330 g/mol. The van der Waals surface area contributed by atoms with Crippen molar-refractivity contribution in [3.8, 4) is 0 Å². The predicted octanol–water partition coefficient (Wildman–Crippen LogP) is 4.40. The van der Waals surface area contributed by atoms with E-state index >= 15 is 0 Å². The van der Waals surface area contributed by atoms with Crippen LogP contribution in [0.2, 0.25) is 10.0 Å². The molecule has 0 fully saturated rings. The fourth-order valence-corrected chi connectivity index (χ4v) is 2.70. The van der Waals surface area contributed by atoms with Crippen LogP contribution in [0.5, 0.6) is 0 Å². The van der Waals surface area contributed by atoms with E-state index in [0.717, 1.165) is 11.3 Å². The van der Waals surface area contributed by atoms with Crippen molar-refractivity contribution in [3.63, 3.8) is 0 Å². The molecule has 1 aromatic carbocycles. The largest absolute Gasteiger partial charge is 0.477 e. The SMILES string of the molecule is O=C(Nc1cc(Cl)cc(Cl)c1)Nc1ccsc1C(=O)O. The van der Waals surface area contributed by atoms with Gasteiger partial charge in [0.1, 0.15) is 4.88 Å². The summed E-state index contributed by atoms with van der Waals surface area (Å²) in [6, 6.07) is 5.52. The van der Waals surface area contributed by atoms with Crippen LogP contribution in [-0.4, -0.2) is 17.1 Å². The van der Waals surface area contributed by atoms with Crippen LogP contribution >= 0.6 is 34.5 Å². The number of carboxylic acid groups (broad SMARTS) is 1. The van der Waals surface area contributed by atoms with Gasteiger partial charge in [0.05, 0.1) is 5.69 Å². The maximum Gasteiger partial charge on any atom is 0.348 e. The number of hydrogen-bond donors (Lipinski definition) is 3. The lowest BCUT2D eigenvalue weighted by atomic mass is 10.3. The summed E-state index contributed by atoms with van der Waals surface area (Å²) in [5.41, 5.74) is 0.639. The van der Waals surface area contributed by atoms with Gasteiger partial charge < -0.3 is 15.7 Å². The normalized spacial score (nSPS) is 10.1. The molecule has 2 aromatic rings. The Labute approximate surface area is 128 Å². The van der Waals surface area contributed by atoms with Gasteiger partial charge in [0.15, 0.2) is 0 Å². The summed E-state index contributed by atoms with van der Waals surface area (Å²) in [6.07, 6.45) is 0. The number of benzene rings is 1. The van der Waals surface area contributed by atoms with Crippen molar-refractivity contribution in [1.82, 2.24) is 0 Å². The molecule has 0 saturated heterocycles. The van der Waals surface area contributed by atoms with Crippen LogP contribution in [0.1, 0.15) is 9.67 Å². The molecule has 5 nitrogen and oxygen atoms in total. The smallest absolute Gasteiger partial charge is 0.348 e. The van der Waals surface area contributed by atoms with Crippen molar-refractivity contribution in [1.29, 1.82) is 0 Å². The molecule has 2 amide bonds. The van der Waals surface area contributed by atoms with Gasteiger partial charge in [-0.2, -0.15) is 0 Å². The highest BCUT2D eigenvalue weighted by Gasteiger charge is 2.14. The number of rotatable bonds is 3. The zero-order chi connectivity index (χ0) is 14.7. The Balaban J connectivity index is 2.09. The predicted molar refractivity (Wildman–Crippen MR) is 80.4 cm³/mol. The van der Waals surface area contributed by atoms with E-state index in [2.05, 4.69) is 10.6 Å². The lowest BCUT2D eigenvalue weighted by molar-refractivity contribution is 0.0703. The minimum absolute atomic E-state index is 0.0595. The third-order valence-corrected chi connectivity index (χ3v) is 3.57. The number of halogens is 2. The van der Waals surface area contributed by atoms with Gasteiger partial charge in [-0.05, 0) is 29.6 Å². The molecule has 0 atom stereocenters. The van der Waals surface area contributed by atoms with E-state index in [-0.39, 0.29) is 10.6 Å². The van der Waals surface area contributed by atoms with E-state index in [4.69, 9.17) is 28.3 Å². The van der Waals surface area contributed by atoms with E-state index in [9.17, 15) is 9.59 Å². The number of carboxylic acids is 1. The maximum atomic E-state index is 11.8. The zero-order valence-corrected chi connectivity index (χ0v) is 12.1. The third kappa shape index (κ3) is 3.63. The number of thiophene rings is 1. The Morgan fingerprint density at radius 3 is 2.35 bits per heavy atom. The highest BCUT2D eigenvalue weighted by atomic mass is 35.5. The van der Waals surface area contributed by atoms with Crippen LogP contribution in [0.25, 0.3) is 0 Å². The molecule has 0 spiro atoms. The van der Waals surface area contributed by atoms with Crippen molar-refractivity contribution in [2.45, 2.75) is 0 Å². The molecule has 0 radical (unpaired) electrons. The first kappa shape index (κ1) is 14.6. The number of amides is 2. The number of aromatic carboxylic acids is 1. The molecule has 8 heteroatoms. The standard InChI is InChI=1S/C12H8Cl2N2O3S/c13-6-3-7(14)5-8(4-6)15-12(19)16-9-1-2-20-10(9)11(17)18/h1-5H,(H,17,18)(H2,15,16,19). The zero-order valence-electron chi connectivity index (χ0n) is 9.81. The summed E-state index contributed by atoms with van der Waals surface area (Å²) in [7, 11) is 0. The van der Waals surface area contributed by atoms with Crippen LogP contribution < -0.4 is 10.6 Å². The summed E-state index contributed by atoms with van der Waals surface area (Å²) in [5.74, 6) is -1.10. The van der Waals surface area contributed by atoms with Gasteiger partial charge in [0.2, 0.25) is 0 Å². The molecule has 0 aliphatic heterocycles. The number of anilines is 2. The highest BCUT2D eigenvalue weighted by molar-refractivity contribution is 7.12. The Morgan fingerprint density at radius 1 is 1.10 bits per heavy atom. The molecule has 1 aromatic heterocycles. The molecule has 0 aliphatic rings. The molecule has 0 bridgehead atoms. The van der Waals surface area contributed by atoms with Crippen molar-refractivity contribution in [2.75, 3.05) is 10.6 Å². The molecule has 20 heavy (non-hydrogen) atoms. The second-order valence-electron chi connectivity index (χ2n) is 3.71. The molecule has 0 unspecified atom stereocenters. The quantitative estimate of drug-likeness (QED) is 0.780. The average Bonchev–Trinajstić information content (AvgIpc) is 2.75. The van der Waals surface area contributed by atoms with Crippen molar-refractivity contribution < 1.29 is 14.7 Å². The first-order valence-electron chi connectivity index (χ1n) is 5.30. The number of nitrogens with one attached hydrogen (secondary N) is 2. The number of carbonyl (C=O) groups excluding carboxylic acids is 1. The van der Waals surface area contributed by atoms with Gasteiger partial charge >= 0.3 is 12.0 Å². The molecular weight excluding hydrogens is 323 g/mol. The van der Waals surface area contributed by atoms with Gasteiger partial charge in [-0.15, -0.1) is 11.3 Å². The van der Waals surface area contributed by atoms with E-state index in [0.29, 0.717) is 15.7 Å². The fourth-order valence-electron chi connectivity index (χ4n) is 1.48. The van der Waals surface area contributed by atoms with Gasteiger partial charge in [-0.3, -0.25) is 0 Å². The van der Waals surface area contributed by atoms with E-state index < -0.39 is 12.0 Å². The van der Waals surface area contributed by atoms with Crippen LogP contribution in [0.3, 0.4) is 0 Å². The molecule has 3 N–H and O–H groups in total. The van der Waals surface area contributed by atoms with Gasteiger partial charge in [-0.25, -0.2) is 9.59 Å². The Kier molecular flexibility index (Phi) is 4.49. The average molecular weight is 331 g/mol. The van der Waals surface area contributed by atoms with E-state index in [1.165, 1.54) is 24.3 Å². The molecular formula is C12H8Cl2N2O3S.